The number of amides is 1. The Morgan fingerprint density at radius 3 is 3.04 bits per heavy atom. The minimum absolute atomic E-state index is 0.160. The van der Waals surface area contributed by atoms with E-state index in [2.05, 4.69) is 15.2 Å². The molecule has 0 saturated carbocycles. The van der Waals surface area contributed by atoms with E-state index in [0.717, 1.165) is 48.4 Å². The van der Waals surface area contributed by atoms with Crippen LogP contribution in [-0.4, -0.2) is 48.4 Å². The lowest BCUT2D eigenvalue weighted by Gasteiger charge is -2.25. The third kappa shape index (κ3) is 4.54. The van der Waals surface area contributed by atoms with Crippen LogP contribution in [0.3, 0.4) is 0 Å². The van der Waals surface area contributed by atoms with Gasteiger partial charge in [0, 0.05) is 29.1 Å². The number of rotatable bonds is 5. The SMILES string of the molecule is CSc1cccc(NC(=O)c2csc(CN3CCOCC3)n2)c1. The zero-order valence-corrected chi connectivity index (χ0v) is 14.6. The summed E-state index contributed by atoms with van der Waals surface area (Å²) >= 11 is 3.18. The molecule has 1 aliphatic heterocycles. The first-order valence-corrected chi connectivity index (χ1v) is 9.55. The molecule has 2 heterocycles. The normalized spacial score (nSPS) is 15.5. The van der Waals surface area contributed by atoms with Crippen molar-refractivity contribution in [3.05, 3.63) is 40.3 Å². The molecule has 1 saturated heterocycles. The summed E-state index contributed by atoms with van der Waals surface area (Å²) in [6.07, 6.45) is 2.01. The first-order chi connectivity index (χ1) is 11.2. The Labute approximate surface area is 144 Å². The number of benzene rings is 1. The van der Waals surface area contributed by atoms with Gasteiger partial charge in [-0.25, -0.2) is 4.98 Å². The lowest BCUT2D eigenvalue weighted by Crippen LogP contribution is -2.35. The van der Waals surface area contributed by atoms with Crippen molar-refractivity contribution in [1.29, 1.82) is 0 Å². The maximum atomic E-state index is 12.3. The van der Waals surface area contributed by atoms with Gasteiger partial charge < -0.3 is 10.1 Å². The van der Waals surface area contributed by atoms with E-state index in [-0.39, 0.29) is 5.91 Å². The third-order valence-electron chi connectivity index (χ3n) is 3.57. The molecule has 0 atom stereocenters. The standard InChI is InChI=1S/C16H19N3O2S2/c1-22-13-4-2-3-12(9-13)17-16(20)14-11-23-15(18-14)10-19-5-7-21-8-6-19/h2-4,9,11H,5-8,10H2,1H3,(H,17,20). The summed E-state index contributed by atoms with van der Waals surface area (Å²) in [4.78, 5) is 20.2. The van der Waals surface area contributed by atoms with E-state index < -0.39 is 0 Å². The summed E-state index contributed by atoms with van der Waals surface area (Å²) in [5.74, 6) is -0.160. The molecule has 0 bridgehead atoms. The predicted octanol–water partition coefficient (Wildman–Crippen LogP) is 2.95. The van der Waals surface area contributed by atoms with Gasteiger partial charge in [0.1, 0.15) is 10.7 Å². The lowest BCUT2D eigenvalue weighted by molar-refractivity contribution is 0.0341. The highest BCUT2D eigenvalue weighted by atomic mass is 32.2. The Kier molecular flexibility index (Phi) is 5.66. The molecular formula is C16H19N3O2S2. The summed E-state index contributed by atoms with van der Waals surface area (Å²) in [7, 11) is 0. The van der Waals surface area contributed by atoms with Crippen LogP contribution in [0.25, 0.3) is 0 Å². The lowest BCUT2D eigenvalue weighted by atomic mass is 10.3. The summed E-state index contributed by atoms with van der Waals surface area (Å²) in [5, 5.41) is 5.70. The number of aromatic nitrogens is 1. The smallest absolute Gasteiger partial charge is 0.275 e. The Morgan fingerprint density at radius 1 is 1.43 bits per heavy atom. The van der Waals surface area contributed by atoms with Crippen molar-refractivity contribution in [2.24, 2.45) is 0 Å². The Balaban J connectivity index is 1.61. The van der Waals surface area contributed by atoms with Gasteiger partial charge >= 0.3 is 0 Å². The molecule has 0 radical (unpaired) electrons. The fourth-order valence-corrected chi connectivity index (χ4v) is 3.61. The second kappa shape index (κ2) is 7.92. The molecule has 0 spiro atoms. The van der Waals surface area contributed by atoms with Gasteiger partial charge in [0.05, 0.1) is 19.8 Å². The van der Waals surface area contributed by atoms with Crippen LogP contribution >= 0.6 is 23.1 Å². The number of carbonyl (C=O) groups is 1. The fraction of sp³-hybridized carbons (Fsp3) is 0.375. The number of anilines is 1. The van der Waals surface area contributed by atoms with Crippen molar-refractivity contribution in [2.45, 2.75) is 11.4 Å². The quantitative estimate of drug-likeness (QED) is 0.841. The molecule has 122 valence electrons. The highest BCUT2D eigenvalue weighted by molar-refractivity contribution is 7.98. The Bertz CT molecular complexity index is 669. The molecule has 1 amide bonds. The molecule has 0 unspecified atom stereocenters. The van der Waals surface area contributed by atoms with Crippen molar-refractivity contribution >= 4 is 34.7 Å². The molecule has 2 aromatic rings. The van der Waals surface area contributed by atoms with Crippen molar-refractivity contribution in [2.75, 3.05) is 37.9 Å². The summed E-state index contributed by atoms with van der Waals surface area (Å²) in [6, 6.07) is 7.80. The van der Waals surface area contributed by atoms with E-state index >= 15 is 0 Å². The largest absolute Gasteiger partial charge is 0.379 e. The van der Waals surface area contributed by atoms with E-state index in [1.165, 1.54) is 11.3 Å². The number of thiazole rings is 1. The maximum Gasteiger partial charge on any atom is 0.275 e. The summed E-state index contributed by atoms with van der Waals surface area (Å²) < 4.78 is 5.34. The number of nitrogens with one attached hydrogen (secondary N) is 1. The monoisotopic (exact) mass is 349 g/mol. The van der Waals surface area contributed by atoms with Crippen molar-refractivity contribution in [3.8, 4) is 0 Å². The third-order valence-corrected chi connectivity index (χ3v) is 5.13. The van der Waals surface area contributed by atoms with Crippen LogP contribution in [0.4, 0.5) is 5.69 Å². The average molecular weight is 349 g/mol. The van der Waals surface area contributed by atoms with Gasteiger partial charge in [-0.1, -0.05) is 6.07 Å². The number of thioether (sulfide) groups is 1. The molecule has 5 nitrogen and oxygen atoms in total. The minimum Gasteiger partial charge on any atom is -0.379 e. The van der Waals surface area contributed by atoms with Gasteiger partial charge in [0.2, 0.25) is 0 Å². The molecule has 1 aromatic carbocycles. The first-order valence-electron chi connectivity index (χ1n) is 7.44. The highest BCUT2D eigenvalue weighted by Gasteiger charge is 2.15. The molecule has 7 heteroatoms. The Hall–Kier alpha value is -1.41. The second-order valence-corrected chi connectivity index (χ2v) is 7.02. The van der Waals surface area contributed by atoms with Crippen molar-refractivity contribution < 1.29 is 9.53 Å². The summed E-state index contributed by atoms with van der Waals surface area (Å²) in [5.41, 5.74) is 1.28. The molecule has 1 aliphatic rings. The van der Waals surface area contributed by atoms with Gasteiger partial charge in [-0.3, -0.25) is 9.69 Å². The molecule has 1 aromatic heterocycles. The number of hydrogen-bond donors (Lipinski definition) is 1. The predicted molar refractivity (Wildman–Crippen MR) is 94.4 cm³/mol. The number of nitrogens with zero attached hydrogens (tertiary/aromatic N) is 2. The van der Waals surface area contributed by atoms with Crippen LogP contribution in [0, 0.1) is 0 Å². The van der Waals surface area contributed by atoms with Gasteiger partial charge in [0.25, 0.3) is 5.91 Å². The van der Waals surface area contributed by atoms with Gasteiger partial charge in [-0.2, -0.15) is 0 Å². The van der Waals surface area contributed by atoms with E-state index in [0.29, 0.717) is 5.69 Å². The second-order valence-electron chi connectivity index (χ2n) is 5.20. The Morgan fingerprint density at radius 2 is 2.26 bits per heavy atom. The molecule has 0 aliphatic carbocycles. The van der Waals surface area contributed by atoms with Gasteiger partial charge in [-0.05, 0) is 24.5 Å². The number of ether oxygens (including phenoxy) is 1. The van der Waals surface area contributed by atoms with E-state index in [1.807, 2.05) is 35.9 Å². The number of morpholine rings is 1. The van der Waals surface area contributed by atoms with Crippen LogP contribution in [0.2, 0.25) is 0 Å². The molecular weight excluding hydrogens is 330 g/mol. The van der Waals surface area contributed by atoms with E-state index in [9.17, 15) is 4.79 Å². The van der Waals surface area contributed by atoms with Crippen LogP contribution in [0.15, 0.2) is 34.5 Å². The zero-order chi connectivity index (χ0) is 16.1. The van der Waals surface area contributed by atoms with E-state index in [4.69, 9.17) is 4.74 Å². The van der Waals surface area contributed by atoms with Crippen LogP contribution in [0.1, 0.15) is 15.5 Å². The number of hydrogen-bond acceptors (Lipinski definition) is 6. The molecule has 1 N–H and O–H groups in total. The van der Waals surface area contributed by atoms with Crippen LogP contribution < -0.4 is 5.32 Å². The van der Waals surface area contributed by atoms with Gasteiger partial charge in [0.15, 0.2) is 0 Å². The molecule has 1 fully saturated rings. The van der Waals surface area contributed by atoms with Gasteiger partial charge in [-0.15, -0.1) is 23.1 Å². The molecule has 23 heavy (non-hydrogen) atoms. The van der Waals surface area contributed by atoms with Crippen molar-refractivity contribution in [1.82, 2.24) is 9.88 Å². The highest BCUT2D eigenvalue weighted by Crippen LogP contribution is 2.20. The zero-order valence-electron chi connectivity index (χ0n) is 12.9. The maximum absolute atomic E-state index is 12.3. The van der Waals surface area contributed by atoms with E-state index in [1.54, 1.807) is 11.8 Å². The fourth-order valence-electron chi connectivity index (χ4n) is 2.33. The van der Waals surface area contributed by atoms with Crippen LogP contribution in [-0.2, 0) is 11.3 Å². The number of carbonyl (C=O) groups excluding carboxylic acids is 1. The first kappa shape index (κ1) is 16.4. The van der Waals surface area contributed by atoms with Crippen LogP contribution in [0.5, 0.6) is 0 Å². The van der Waals surface area contributed by atoms with Crippen molar-refractivity contribution in [3.63, 3.8) is 0 Å². The average Bonchev–Trinajstić information content (AvgIpc) is 3.04. The molecule has 3 rings (SSSR count). The summed E-state index contributed by atoms with van der Waals surface area (Å²) in [6.45, 7) is 4.16. The topological polar surface area (TPSA) is 54.5 Å². The minimum atomic E-state index is -0.160.